The van der Waals surface area contributed by atoms with Gasteiger partial charge in [-0.3, -0.25) is 9.59 Å². The molecule has 2 saturated heterocycles. The number of nitrogens with zero attached hydrogens (tertiary/aromatic N) is 2. The molecule has 1 unspecified atom stereocenters. The summed E-state index contributed by atoms with van der Waals surface area (Å²) in [5.74, 6) is -0.986. The second-order valence-corrected chi connectivity index (χ2v) is 4.91. The Bertz CT molecular complexity index is 401. The van der Waals surface area contributed by atoms with Crippen molar-refractivity contribution in [3.05, 3.63) is 0 Å². The van der Waals surface area contributed by atoms with Gasteiger partial charge in [-0.1, -0.05) is 0 Å². The molecule has 3 amide bonds. The van der Waals surface area contributed by atoms with Gasteiger partial charge in [0.1, 0.15) is 0 Å². The number of morpholine rings is 1. The lowest BCUT2D eigenvalue weighted by Gasteiger charge is -2.35. The first-order chi connectivity index (χ1) is 9.56. The van der Waals surface area contributed by atoms with E-state index in [-0.39, 0.29) is 24.9 Å². The Morgan fingerprint density at radius 2 is 2.10 bits per heavy atom. The number of urea groups is 1. The molecule has 1 atom stereocenters. The first-order valence-corrected chi connectivity index (χ1v) is 6.70. The van der Waals surface area contributed by atoms with Crippen LogP contribution in [0.15, 0.2) is 0 Å². The summed E-state index contributed by atoms with van der Waals surface area (Å²) in [5, 5.41) is 11.5. The standard InChI is InChI=1S/C12H19N3O5/c16-10-1-3-14(4-2-13-10)12(19)15-5-6-20-9(8-15)7-11(17)18/h9H,1-8H2,(H,13,16)(H,17,18). The van der Waals surface area contributed by atoms with Crippen LogP contribution < -0.4 is 5.32 Å². The Labute approximate surface area is 116 Å². The molecule has 8 nitrogen and oxygen atoms in total. The van der Waals surface area contributed by atoms with Crippen LogP contribution in [0.2, 0.25) is 0 Å². The van der Waals surface area contributed by atoms with Crippen LogP contribution in [-0.2, 0) is 14.3 Å². The number of hydrogen-bond donors (Lipinski definition) is 2. The molecule has 0 spiro atoms. The molecule has 2 aliphatic rings. The van der Waals surface area contributed by atoms with Crippen molar-refractivity contribution in [3.8, 4) is 0 Å². The van der Waals surface area contributed by atoms with E-state index < -0.39 is 12.1 Å². The highest BCUT2D eigenvalue weighted by Gasteiger charge is 2.29. The van der Waals surface area contributed by atoms with Crippen LogP contribution in [0.1, 0.15) is 12.8 Å². The number of aliphatic carboxylic acids is 1. The van der Waals surface area contributed by atoms with Crippen molar-refractivity contribution in [2.24, 2.45) is 0 Å². The largest absolute Gasteiger partial charge is 0.481 e. The lowest BCUT2D eigenvalue weighted by molar-refractivity contribution is -0.141. The number of carboxylic acids is 1. The number of carboxylic acid groups (broad SMARTS) is 1. The zero-order valence-electron chi connectivity index (χ0n) is 11.2. The first kappa shape index (κ1) is 14.6. The molecule has 0 aromatic heterocycles. The SMILES string of the molecule is O=C(O)CC1CN(C(=O)N2CCNC(=O)CC2)CCO1. The van der Waals surface area contributed by atoms with Crippen LogP contribution in [-0.4, -0.2) is 78.2 Å². The number of amides is 3. The average molecular weight is 285 g/mol. The third kappa shape index (κ3) is 3.83. The topological polar surface area (TPSA) is 99.2 Å². The molecule has 0 aromatic rings. The molecule has 0 radical (unpaired) electrons. The van der Waals surface area contributed by atoms with Crippen LogP contribution in [0.3, 0.4) is 0 Å². The van der Waals surface area contributed by atoms with Gasteiger partial charge in [-0.15, -0.1) is 0 Å². The number of carbonyl (C=O) groups excluding carboxylic acids is 2. The monoisotopic (exact) mass is 285 g/mol. The zero-order valence-corrected chi connectivity index (χ0v) is 11.2. The van der Waals surface area contributed by atoms with Gasteiger partial charge in [0.25, 0.3) is 0 Å². The van der Waals surface area contributed by atoms with E-state index in [9.17, 15) is 14.4 Å². The van der Waals surface area contributed by atoms with Gasteiger partial charge in [-0.05, 0) is 0 Å². The summed E-state index contributed by atoms with van der Waals surface area (Å²) in [7, 11) is 0. The maximum Gasteiger partial charge on any atom is 0.320 e. The van der Waals surface area contributed by atoms with Gasteiger partial charge in [-0.25, -0.2) is 4.79 Å². The summed E-state index contributed by atoms with van der Waals surface area (Å²) in [6.45, 7) is 2.40. The normalized spacial score (nSPS) is 24.0. The molecule has 2 aliphatic heterocycles. The summed E-state index contributed by atoms with van der Waals surface area (Å²) < 4.78 is 5.34. The van der Waals surface area contributed by atoms with Gasteiger partial charge >= 0.3 is 12.0 Å². The third-order valence-corrected chi connectivity index (χ3v) is 3.39. The van der Waals surface area contributed by atoms with Crippen LogP contribution in [0, 0.1) is 0 Å². The molecule has 0 aliphatic carbocycles. The second-order valence-electron chi connectivity index (χ2n) is 4.91. The zero-order chi connectivity index (χ0) is 14.5. The smallest absolute Gasteiger partial charge is 0.320 e. The van der Waals surface area contributed by atoms with E-state index in [1.807, 2.05) is 0 Å². The Hall–Kier alpha value is -1.83. The van der Waals surface area contributed by atoms with Crippen molar-refractivity contribution in [1.82, 2.24) is 15.1 Å². The van der Waals surface area contributed by atoms with Crippen molar-refractivity contribution >= 4 is 17.9 Å². The molecular weight excluding hydrogens is 266 g/mol. The average Bonchev–Trinajstić information content (AvgIpc) is 2.62. The minimum atomic E-state index is -0.936. The summed E-state index contributed by atoms with van der Waals surface area (Å²) in [6.07, 6.45) is -0.268. The minimum Gasteiger partial charge on any atom is -0.481 e. The molecule has 0 bridgehead atoms. The molecule has 112 valence electrons. The number of rotatable bonds is 2. The molecule has 20 heavy (non-hydrogen) atoms. The Morgan fingerprint density at radius 1 is 1.30 bits per heavy atom. The molecule has 0 aromatic carbocycles. The lowest BCUT2D eigenvalue weighted by atomic mass is 10.2. The predicted molar refractivity (Wildman–Crippen MR) is 68.2 cm³/mol. The van der Waals surface area contributed by atoms with Crippen LogP contribution in [0.5, 0.6) is 0 Å². The fourth-order valence-corrected chi connectivity index (χ4v) is 2.37. The lowest BCUT2D eigenvalue weighted by Crippen LogP contribution is -2.52. The van der Waals surface area contributed by atoms with Crippen LogP contribution in [0.4, 0.5) is 4.79 Å². The Balaban J connectivity index is 1.90. The van der Waals surface area contributed by atoms with Gasteiger partial charge in [0, 0.05) is 39.1 Å². The van der Waals surface area contributed by atoms with Gasteiger partial charge in [-0.2, -0.15) is 0 Å². The van der Waals surface area contributed by atoms with Gasteiger partial charge in [0.15, 0.2) is 0 Å². The van der Waals surface area contributed by atoms with Crippen molar-refractivity contribution in [2.45, 2.75) is 18.9 Å². The van der Waals surface area contributed by atoms with Crippen molar-refractivity contribution in [3.63, 3.8) is 0 Å². The summed E-state index contributed by atoms with van der Waals surface area (Å²) in [6, 6.07) is -0.153. The van der Waals surface area contributed by atoms with E-state index >= 15 is 0 Å². The van der Waals surface area contributed by atoms with E-state index in [1.165, 1.54) is 0 Å². The van der Waals surface area contributed by atoms with Crippen LogP contribution >= 0.6 is 0 Å². The fourth-order valence-electron chi connectivity index (χ4n) is 2.37. The minimum absolute atomic E-state index is 0.0500. The highest BCUT2D eigenvalue weighted by molar-refractivity contribution is 5.79. The Kier molecular flexibility index (Phi) is 4.78. The molecule has 8 heteroatoms. The van der Waals surface area contributed by atoms with Gasteiger partial charge in [0.2, 0.25) is 5.91 Å². The highest BCUT2D eigenvalue weighted by atomic mass is 16.5. The number of carbonyl (C=O) groups is 3. The molecule has 2 N–H and O–H groups in total. The number of nitrogens with one attached hydrogen (secondary N) is 1. The van der Waals surface area contributed by atoms with E-state index in [0.29, 0.717) is 39.2 Å². The van der Waals surface area contributed by atoms with E-state index in [2.05, 4.69) is 5.32 Å². The van der Waals surface area contributed by atoms with E-state index in [4.69, 9.17) is 9.84 Å². The number of ether oxygens (including phenoxy) is 1. The first-order valence-electron chi connectivity index (χ1n) is 6.70. The van der Waals surface area contributed by atoms with E-state index in [0.717, 1.165) is 0 Å². The van der Waals surface area contributed by atoms with Gasteiger partial charge < -0.3 is 25.0 Å². The summed E-state index contributed by atoms with van der Waals surface area (Å²) in [4.78, 5) is 37.5. The number of hydrogen-bond acceptors (Lipinski definition) is 4. The molecular formula is C12H19N3O5. The summed E-state index contributed by atoms with van der Waals surface area (Å²) >= 11 is 0. The highest BCUT2D eigenvalue weighted by Crippen LogP contribution is 2.12. The third-order valence-electron chi connectivity index (χ3n) is 3.39. The van der Waals surface area contributed by atoms with E-state index in [1.54, 1.807) is 9.80 Å². The molecule has 0 saturated carbocycles. The molecule has 2 rings (SSSR count). The molecule has 2 fully saturated rings. The van der Waals surface area contributed by atoms with Crippen molar-refractivity contribution < 1.29 is 24.2 Å². The van der Waals surface area contributed by atoms with Crippen molar-refractivity contribution in [2.75, 3.05) is 39.3 Å². The fraction of sp³-hybridized carbons (Fsp3) is 0.750. The maximum atomic E-state index is 12.4. The molecule has 2 heterocycles. The van der Waals surface area contributed by atoms with Crippen LogP contribution in [0.25, 0.3) is 0 Å². The maximum absolute atomic E-state index is 12.4. The quantitative estimate of drug-likeness (QED) is 0.685. The van der Waals surface area contributed by atoms with Crippen molar-refractivity contribution in [1.29, 1.82) is 0 Å². The Morgan fingerprint density at radius 3 is 2.85 bits per heavy atom. The van der Waals surface area contributed by atoms with Gasteiger partial charge in [0.05, 0.1) is 19.1 Å². The summed E-state index contributed by atoms with van der Waals surface area (Å²) in [5.41, 5.74) is 0. The predicted octanol–water partition coefficient (Wildman–Crippen LogP) is -0.896. The second kappa shape index (κ2) is 6.56.